The molecule has 2 amide bonds. The van der Waals surface area contributed by atoms with Gasteiger partial charge in [-0.05, 0) is 49.4 Å². The van der Waals surface area contributed by atoms with E-state index in [9.17, 15) is 9.59 Å². The van der Waals surface area contributed by atoms with Crippen LogP contribution in [0.4, 0.5) is 5.69 Å². The van der Waals surface area contributed by atoms with Crippen LogP contribution in [0.3, 0.4) is 0 Å². The molecule has 2 saturated heterocycles. The first-order valence-electron chi connectivity index (χ1n) is 10.3. The number of nitrogens with zero attached hydrogens (tertiary/aromatic N) is 4. The van der Waals surface area contributed by atoms with Crippen LogP contribution in [0.2, 0.25) is 0 Å². The van der Waals surface area contributed by atoms with Gasteiger partial charge in [0.25, 0.3) is 5.91 Å². The molecule has 1 N–H and O–H groups in total. The molecule has 1 saturated carbocycles. The van der Waals surface area contributed by atoms with Crippen molar-refractivity contribution < 1.29 is 9.59 Å². The summed E-state index contributed by atoms with van der Waals surface area (Å²) in [4.78, 5) is 33.7. The van der Waals surface area contributed by atoms with Gasteiger partial charge in [0.15, 0.2) is 0 Å². The monoisotopic (exact) mass is 421 g/mol. The average molecular weight is 422 g/mol. The van der Waals surface area contributed by atoms with Crippen molar-refractivity contribution in [3.8, 4) is 6.07 Å². The third-order valence-electron chi connectivity index (χ3n) is 6.46. The van der Waals surface area contributed by atoms with Crippen molar-refractivity contribution in [3.05, 3.63) is 36.0 Å². The van der Waals surface area contributed by atoms with E-state index in [4.69, 9.17) is 5.26 Å². The number of benzene rings is 1. The highest BCUT2D eigenvalue weighted by atomic mass is 32.2. The minimum absolute atomic E-state index is 0.114. The molecular formula is C22H23N5O2S. The highest BCUT2D eigenvalue weighted by molar-refractivity contribution is 7.99. The molecule has 2 aromatic rings. The summed E-state index contributed by atoms with van der Waals surface area (Å²) in [7, 11) is 0. The van der Waals surface area contributed by atoms with Crippen LogP contribution in [0.15, 0.2) is 30.5 Å². The summed E-state index contributed by atoms with van der Waals surface area (Å²) in [6.07, 6.45) is 5.45. The number of hydrogen-bond acceptors (Lipinski definition) is 6. The lowest BCUT2D eigenvalue weighted by molar-refractivity contribution is -0.129. The minimum Gasteiger partial charge on any atom is -0.368 e. The lowest BCUT2D eigenvalue weighted by Gasteiger charge is -2.29. The van der Waals surface area contributed by atoms with Crippen molar-refractivity contribution in [2.45, 2.75) is 31.3 Å². The molecule has 5 rings (SSSR count). The maximum Gasteiger partial charge on any atom is 0.252 e. The van der Waals surface area contributed by atoms with Crippen LogP contribution in [0, 0.1) is 17.2 Å². The summed E-state index contributed by atoms with van der Waals surface area (Å²) in [6, 6.07) is 10.1. The highest BCUT2D eigenvalue weighted by Gasteiger charge is 2.37. The molecule has 1 aliphatic carbocycles. The number of amides is 2. The van der Waals surface area contributed by atoms with E-state index in [1.807, 2.05) is 6.07 Å². The number of nitriles is 1. The zero-order chi connectivity index (χ0) is 20.7. The Balaban J connectivity index is 1.34. The predicted molar refractivity (Wildman–Crippen MR) is 116 cm³/mol. The third-order valence-corrected chi connectivity index (χ3v) is 7.47. The van der Waals surface area contributed by atoms with Crippen LogP contribution < -0.4 is 10.2 Å². The Kier molecular flexibility index (Phi) is 4.99. The number of carbonyl (C=O) groups excluding carboxylic acids is 2. The van der Waals surface area contributed by atoms with Gasteiger partial charge in [-0.1, -0.05) is 0 Å². The van der Waals surface area contributed by atoms with Crippen molar-refractivity contribution in [2.75, 3.05) is 29.6 Å². The summed E-state index contributed by atoms with van der Waals surface area (Å²) in [6.45, 7) is 0.970. The summed E-state index contributed by atoms with van der Waals surface area (Å²) >= 11 is 1.55. The molecule has 7 nitrogen and oxygen atoms in total. The fraction of sp³-hybridized carbons (Fsp3) is 0.455. The Hall–Kier alpha value is -2.79. The number of hydrogen-bond donors (Lipinski definition) is 1. The average Bonchev–Trinajstić information content (AvgIpc) is 3.53. The van der Waals surface area contributed by atoms with Crippen molar-refractivity contribution in [3.63, 3.8) is 0 Å². The fourth-order valence-corrected chi connectivity index (χ4v) is 6.00. The Labute approximate surface area is 179 Å². The molecule has 1 aromatic carbocycles. The molecule has 2 unspecified atom stereocenters. The molecule has 3 fully saturated rings. The lowest BCUT2D eigenvalue weighted by atomic mass is 10.1. The van der Waals surface area contributed by atoms with Crippen LogP contribution in [0.1, 0.15) is 29.6 Å². The van der Waals surface area contributed by atoms with E-state index in [1.165, 1.54) is 24.2 Å². The van der Waals surface area contributed by atoms with Crippen molar-refractivity contribution in [1.82, 2.24) is 15.2 Å². The molecule has 1 aromatic heterocycles. The second kappa shape index (κ2) is 7.80. The van der Waals surface area contributed by atoms with Crippen LogP contribution in [-0.4, -0.2) is 58.5 Å². The van der Waals surface area contributed by atoms with Gasteiger partial charge in [-0.25, -0.2) is 0 Å². The first kappa shape index (κ1) is 19.2. The Morgan fingerprint density at radius 2 is 2.20 bits per heavy atom. The van der Waals surface area contributed by atoms with E-state index in [0.717, 1.165) is 29.1 Å². The second-order valence-electron chi connectivity index (χ2n) is 8.24. The van der Waals surface area contributed by atoms with Gasteiger partial charge in [0.05, 0.1) is 29.6 Å². The van der Waals surface area contributed by atoms with Gasteiger partial charge in [-0.15, -0.1) is 11.8 Å². The number of thioether (sulfide) groups is 1. The smallest absolute Gasteiger partial charge is 0.252 e. The summed E-state index contributed by atoms with van der Waals surface area (Å²) in [5, 5.41) is 12.7. The van der Waals surface area contributed by atoms with Gasteiger partial charge in [-0.2, -0.15) is 5.26 Å². The van der Waals surface area contributed by atoms with E-state index in [1.54, 1.807) is 24.0 Å². The number of fused-ring (bicyclic) bond motifs is 3. The number of nitrogens with one attached hydrogen (secondary N) is 1. The van der Waals surface area contributed by atoms with E-state index in [-0.39, 0.29) is 18.4 Å². The SMILES string of the molecule is N#C[C@@H]1CSCN1C(=O)CNC(=O)c1ccnc2ccc(N3CC4CCC3C4)cc12. The van der Waals surface area contributed by atoms with E-state index in [0.29, 0.717) is 23.2 Å². The molecule has 3 heterocycles. The van der Waals surface area contributed by atoms with Gasteiger partial charge in [-0.3, -0.25) is 14.6 Å². The van der Waals surface area contributed by atoms with Gasteiger partial charge in [0.1, 0.15) is 6.04 Å². The lowest BCUT2D eigenvalue weighted by Crippen LogP contribution is -2.42. The molecule has 0 radical (unpaired) electrons. The molecule has 0 spiro atoms. The zero-order valence-corrected chi connectivity index (χ0v) is 17.4. The number of pyridine rings is 1. The fourth-order valence-electron chi connectivity index (χ4n) is 4.90. The van der Waals surface area contributed by atoms with Crippen LogP contribution in [-0.2, 0) is 4.79 Å². The normalized spacial score (nSPS) is 25.0. The first-order chi connectivity index (χ1) is 14.6. The maximum absolute atomic E-state index is 12.9. The Morgan fingerprint density at radius 3 is 2.97 bits per heavy atom. The summed E-state index contributed by atoms with van der Waals surface area (Å²) < 4.78 is 0. The number of aromatic nitrogens is 1. The summed E-state index contributed by atoms with van der Waals surface area (Å²) in [5.74, 6) is 1.37. The largest absolute Gasteiger partial charge is 0.368 e. The maximum atomic E-state index is 12.9. The number of rotatable bonds is 4. The first-order valence-corrected chi connectivity index (χ1v) is 11.5. The van der Waals surface area contributed by atoms with Crippen LogP contribution in [0.25, 0.3) is 10.9 Å². The van der Waals surface area contributed by atoms with E-state index < -0.39 is 6.04 Å². The second-order valence-corrected chi connectivity index (χ2v) is 9.24. The van der Waals surface area contributed by atoms with Crippen molar-refractivity contribution >= 4 is 40.2 Å². The Bertz CT molecular complexity index is 1050. The van der Waals surface area contributed by atoms with Gasteiger partial charge >= 0.3 is 0 Å². The third kappa shape index (κ3) is 3.37. The molecule has 30 heavy (non-hydrogen) atoms. The van der Waals surface area contributed by atoms with E-state index >= 15 is 0 Å². The number of carbonyl (C=O) groups is 2. The number of piperidine rings is 1. The van der Waals surface area contributed by atoms with E-state index in [2.05, 4.69) is 33.4 Å². The molecule has 2 aliphatic heterocycles. The zero-order valence-electron chi connectivity index (χ0n) is 16.6. The Morgan fingerprint density at radius 1 is 1.30 bits per heavy atom. The topological polar surface area (TPSA) is 89.3 Å². The van der Waals surface area contributed by atoms with Gasteiger partial charge in [0, 0.05) is 35.6 Å². The van der Waals surface area contributed by atoms with Crippen LogP contribution >= 0.6 is 11.8 Å². The van der Waals surface area contributed by atoms with Crippen LogP contribution in [0.5, 0.6) is 0 Å². The molecular weight excluding hydrogens is 398 g/mol. The van der Waals surface area contributed by atoms with Gasteiger partial charge < -0.3 is 15.1 Å². The van der Waals surface area contributed by atoms with Gasteiger partial charge in [0.2, 0.25) is 5.91 Å². The summed E-state index contributed by atoms with van der Waals surface area (Å²) in [5.41, 5.74) is 2.42. The quantitative estimate of drug-likeness (QED) is 0.815. The highest BCUT2D eigenvalue weighted by Crippen LogP contribution is 2.40. The molecule has 2 bridgehead atoms. The minimum atomic E-state index is -0.417. The molecule has 3 aliphatic rings. The molecule has 154 valence electrons. The molecule has 3 atom stereocenters. The van der Waals surface area contributed by atoms with Crippen molar-refractivity contribution in [1.29, 1.82) is 5.26 Å². The molecule has 8 heteroatoms. The number of anilines is 1. The predicted octanol–water partition coefficient (Wildman–Crippen LogP) is 2.38. The standard InChI is InChI=1S/C22H23N5O2S/c23-9-17-12-30-13-27(17)21(28)10-25-22(29)18-5-6-24-20-4-3-16(8-19(18)20)26-11-14-1-2-15(26)7-14/h3-6,8,14-15,17H,1-2,7,10-13H2,(H,25,29)/t14?,15?,17-/m1/s1. The van der Waals surface area contributed by atoms with Crippen molar-refractivity contribution in [2.24, 2.45) is 5.92 Å².